The van der Waals surface area contributed by atoms with Gasteiger partial charge in [0.2, 0.25) is 0 Å². The molecule has 2 aliphatic rings. The summed E-state index contributed by atoms with van der Waals surface area (Å²) >= 11 is 0. The third-order valence-electron chi connectivity index (χ3n) is 3.46. The van der Waals surface area contributed by atoms with E-state index in [4.69, 9.17) is 4.74 Å². The van der Waals surface area contributed by atoms with Crippen LogP contribution < -0.4 is 5.56 Å². The molecule has 6 heteroatoms. The summed E-state index contributed by atoms with van der Waals surface area (Å²) < 4.78 is 6.32. The zero-order valence-electron chi connectivity index (χ0n) is 16.3. The van der Waals surface area contributed by atoms with Gasteiger partial charge < -0.3 is 14.4 Å². The summed E-state index contributed by atoms with van der Waals surface area (Å²) in [5.41, 5.74) is 2.32. The van der Waals surface area contributed by atoms with Crippen LogP contribution in [0.3, 0.4) is 0 Å². The molecule has 1 atom stereocenters. The van der Waals surface area contributed by atoms with Crippen LogP contribution in [0.25, 0.3) is 0 Å². The van der Waals surface area contributed by atoms with Gasteiger partial charge in [0.15, 0.2) is 6.10 Å². The van der Waals surface area contributed by atoms with Crippen molar-refractivity contribution in [3.8, 4) is 0 Å². The van der Waals surface area contributed by atoms with Gasteiger partial charge in [-0.1, -0.05) is 48.1 Å². The van der Waals surface area contributed by atoms with E-state index in [0.717, 1.165) is 5.57 Å². The lowest BCUT2D eigenvalue weighted by atomic mass is 10.0. The number of fused-ring (bicyclic) bond motifs is 2. The number of esters is 1. The van der Waals surface area contributed by atoms with E-state index in [1.54, 1.807) is 13.1 Å². The Labute approximate surface area is 149 Å². The molecule has 3 rings (SSSR count). The first kappa shape index (κ1) is 22.8. The predicted molar refractivity (Wildman–Crippen MR) is 101 cm³/mol. The van der Waals surface area contributed by atoms with E-state index in [2.05, 4.69) is 11.6 Å². The maximum Gasteiger partial charge on any atom is 0.340 e. The average Bonchev–Trinajstić information content (AvgIpc) is 2.99. The van der Waals surface area contributed by atoms with Crippen LogP contribution in [0.1, 0.15) is 64.5 Å². The molecule has 25 heavy (non-hydrogen) atoms. The molecule has 0 aromatic carbocycles. The number of carbonyl (C=O) groups excluding carboxylic acids is 1. The molecule has 140 valence electrons. The number of aliphatic imine (C=N–C) groups is 1. The quantitative estimate of drug-likeness (QED) is 0.729. The number of aliphatic hydroxyl groups is 1. The topological polar surface area (TPSA) is 80.9 Å². The van der Waals surface area contributed by atoms with Gasteiger partial charge in [-0.3, -0.25) is 9.79 Å². The number of rotatable bonds is 0. The summed E-state index contributed by atoms with van der Waals surface area (Å²) in [6.07, 6.45) is -1.41. The van der Waals surface area contributed by atoms with Gasteiger partial charge >= 0.3 is 5.97 Å². The first-order valence-corrected chi connectivity index (χ1v) is 8.81. The molecule has 0 saturated heterocycles. The second-order valence-electron chi connectivity index (χ2n) is 4.54. The first-order chi connectivity index (χ1) is 12.0. The van der Waals surface area contributed by atoms with Crippen molar-refractivity contribution in [2.24, 2.45) is 4.99 Å². The number of ether oxygens (including phenoxy) is 1. The summed E-state index contributed by atoms with van der Waals surface area (Å²) in [7, 11) is 1.62. The predicted octanol–water partition coefficient (Wildman–Crippen LogP) is 3.01. The summed E-state index contributed by atoms with van der Waals surface area (Å²) in [5, 5.41) is 9.83. The van der Waals surface area contributed by atoms with Crippen molar-refractivity contribution in [3.63, 3.8) is 0 Å². The van der Waals surface area contributed by atoms with Gasteiger partial charge in [-0.2, -0.15) is 0 Å². The van der Waals surface area contributed by atoms with Crippen LogP contribution >= 0.6 is 0 Å². The third kappa shape index (κ3) is 4.25. The number of allylic oxidation sites excluding steroid dienone is 1. The fraction of sp³-hybridized carbons (Fsp3) is 0.526. The second kappa shape index (κ2) is 10.6. The normalized spacial score (nSPS) is 18.4. The number of aromatic nitrogens is 1. The van der Waals surface area contributed by atoms with Gasteiger partial charge in [0, 0.05) is 12.6 Å². The lowest BCUT2D eigenvalue weighted by molar-refractivity contribution is -0.157. The monoisotopic (exact) mass is 350 g/mol. The van der Waals surface area contributed by atoms with E-state index in [1.807, 2.05) is 41.5 Å². The fourth-order valence-corrected chi connectivity index (χ4v) is 2.52. The summed E-state index contributed by atoms with van der Waals surface area (Å²) in [6, 6.07) is 1.63. The highest BCUT2D eigenvalue weighted by Crippen LogP contribution is 2.27. The second-order valence-corrected chi connectivity index (χ2v) is 4.54. The highest BCUT2D eigenvalue weighted by Gasteiger charge is 2.33. The first-order valence-electron chi connectivity index (χ1n) is 8.81. The number of hydrogen-bond donors (Lipinski definition) is 1. The SMILES string of the molecule is C=C1Cn2c(cc3c(c2=O)COC(=O)C3O)C1=NC.CC.CC.CC. The maximum absolute atomic E-state index is 12.3. The Morgan fingerprint density at radius 2 is 1.76 bits per heavy atom. The number of aliphatic hydroxyl groups excluding tert-OH is 1. The van der Waals surface area contributed by atoms with Gasteiger partial charge in [-0.15, -0.1) is 0 Å². The van der Waals surface area contributed by atoms with E-state index < -0.39 is 12.1 Å². The number of hydrogen-bond acceptors (Lipinski definition) is 5. The van der Waals surface area contributed by atoms with Crippen LogP contribution in [0, 0.1) is 0 Å². The Hall–Kier alpha value is -2.21. The third-order valence-corrected chi connectivity index (χ3v) is 3.46. The molecule has 0 amide bonds. The van der Waals surface area contributed by atoms with Gasteiger partial charge in [-0.05, 0) is 11.6 Å². The lowest BCUT2D eigenvalue weighted by Crippen LogP contribution is -2.33. The number of carbonyl (C=O) groups is 1. The summed E-state index contributed by atoms with van der Waals surface area (Å²) in [5.74, 6) is -0.733. The molecule has 0 fully saturated rings. The minimum Gasteiger partial charge on any atom is -0.458 e. The molecule has 0 aliphatic carbocycles. The molecule has 0 radical (unpaired) electrons. The molecule has 0 spiro atoms. The Morgan fingerprint density at radius 1 is 1.20 bits per heavy atom. The standard InChI is InChI=1S/C13H12N2O4.3C2H6/c1-6-4-15-9(10(6)14-2)3-7-8(12(15)17)5-19-13(18)11(7)16;3*1-2/h3,11,16H,1,4-5H2,2H3;3*1-2H3. The van der Waals surface area contributed by atoms with Crippen molar-refractivity contribution < 1.29 is 14.6 Å². The molecule has 1 unspecified atom stereocenters. The zero-order chi connectivity index (χ0) is 19.7. The molecule has 0 bridgehead atoms. The van der Waals surface area contributed by atoms with Crippen LogP contribution in [-0.4, -0.2) is 28.4 Å². The van der Waals surface area contributed by atoms with Crippen molar-refractivity contribution in [2.45, 2.75) is 60.8 Å². The Kier molecular flexibility index (Phi) is 9.67. The van der Waals surface area contributed by atoms with Crippen molar-refractivity contribution in [2.75, 3.05) is 7.05 Å². The molecule has 1 aromatic heterocycles. The summed E-state index contributed by atoms with van der Waals surface area (Å²) in [4.78, 5) is 27.8. The van der Waals surface area contributed by atoms with E-state index in [-0.39, 0.29) is 12.2 Å². The molecular weight excluding hydrogens is 320 g/mol. The molecule has 1 aromatic rings. The lowest BCUT2D eigenvalue weighted by Gasteiger charge is -2.21. The van der Waals surface area contributed by atoms with Crippen molar-refractivity contribution in [1.82, 2.24) is 4.57 Å². The minimum atomic E-state index is -1.41. The minimum absolute atomic E-state index is 0.102. The number of cyclic esters (lactones) is 1. The molecule has 0 saturated carbocycles. The maximum atomic E-state index is 12.3. The number of pyridine rings is 1. The van der Waals surface area contributed by atoms with E-state index in [0.29, 0.717) is 29.1 Å². The van der Waals surface area contributed by atoms with Crippen LogP contribution in [0.2, 0.25) is 0 Å². The molecule has 6 nitrogen and oxygen atoms in total. The van der Waals surface area contributed by atoms with Gasteiger partial charge in [0.25, 0.3) is 5.56 Å². The van der Waals surface area contributed by atoms with Crippen molar-refractivity contribution in [3.05, 3.63) is 45.4 Å². The van der Waals surface area contributed by atoms with Crippen molar-refractivity contribution >= 4 is 11.7 Å². The van der Waals surface area contributed by atoms with E-state index in [9.17, 15) is 14.7 Å². The Balaban J connectivity index is 0.000000871. The smallest absolute Gasteiger partial charge is 0.340 e. The fourth-order valence-electron chi connectivity index (χ4n) is 2.52. The van der Waals surface area contributed by atoms with E-state index in [1.165, 1.54) is 4.57 Å². The van der Waals surface area contributed by atoms with Crippen LogP contribution in [0.5, 0.6) is 0 Å². The molecule has 1 N–H and O–H groups in total. The van der Waals surface area contributed by atoms with Crippen LogP contribution in [0.15, 0.2) is 28.0 Å². The number of nitrogens with zero attached hydrogens (tertiary/aromatic N) is 2. The highest BCUT2D eigenvalue weighted by atomic mass is 16.5. The Bertz CT molecular complexity index is 702. The van der Waals surface area contributed by atoms with Gasteiger partial charge in [0.1, 0.15) is 6.61 Å². The van der Waals surface area contributed by atoms with Crippen molar-refractivity contribution in [1.29, 1.82) is 0 Å². The Morgan fingerprint density at radius 3 is 2.28 bits per heavy atom. The summed E-state index contributed by atoms with van der Waals surface area (Å²) in [6.45, 7) is 16.1. The zero-order valence-corrected chi connectivity index (χ0v) is 16.3. The molecule has 3 heterocycles. The van der Waals surface area contributed by atoms with Crippen LogP contribution in [0.4, 0.5) is 0 Å². The highest BCUT2D eigenvalue weighted by molar-refractivity contribution is 6.13. The molecule has 2 aliphatic heterocycles. The van der Waals surface area contributed by atoms with Gasteiger partial charge in [-0.25, -0.2) is 4.79 Å². The van der Waals surface area contributed by atoms with Gasteiger partial charge in [0.05, 0.1) is 23.5 Å². The van der Waals surface area contributed by atoms with E-state index >= 15 is 0 Å². The van der Waals surface area contributed by atoms with Crippen LogP contribution in [-0.2, 0) is 22.7 Å². The largest absolute Gasteiger partial charge is 0.458 e. The average molecular weight is 350 g/mol. The molecular formula is C19H30N2O4.